The van der Waals surface area contributed by atoms with E-state index in [1.54, 1.807) is 0 Å². The zero-order valence-electron chi connectivity index (χ0n) is 12.9. The molecule has 1 saturated heterocycles. The van der Waals surface area contributed by atoms with Crippen LogP contribution in [0.1, 0.15) is 57.8 Å². The summed E-state index contributed by atoms with van der Waals surface area (Å²) in [6, 6.07) is 1.29. The summed E-state index contributed by atoms with van der Waals surface area (Å²) in [5.74, 6) is 0. The number of aliphatic hydroxyl groups is 1. The van der Waals surface area contributed by atoms with Crippen molar-refractivity contribution >= 4 is 6.03 Å². The summed E-state index contributed by atoms with van der Waals surface area (Å²) in [4.78, 5) is 14.6. The molecule has 0 aromatic rings. The van der Waals surface area contributed by atoms with Crippen LogP contribution in [0.25, 0.3) is 0 Å². The standard InChI is InChI=1S/C16H29N3O2/c20-15-7-5-12(6-8-15)17-16(21)18-13-9-10-19(11-13)14-3-1-2-4-14/h12-15,20H,1-11H2,(H2,17,18,21). The average Bonchev–Trinajstić information content (AvgIpc) is 3.12. The highest BCUT2D eigenvalue weighted by Crippen LogP contribution is 2.26. The van der Waals surface area contributed by atoms with Crippen LogP contribution >= 0.6 is 0 Å². The molecule has 3 aliphatic rings. The van der Waals surface area contributed by atoms with Crippen molar-refractivity contribution in [2.24, 2.45) is 0 Å². The van der Waals surface area contributed by atoms with Crippen molar-refractivity contribution in [1.82, 2.24) is 15.5 Å². The van der Waals surface area contributed by atoms with Gasteiger partial charge in [-0.2, -0.15) is 0 Å². The lowest BCUT2D eigenvalue weighted by molar-refractivity contribution is 0.117. The number of hydrogen-bond donors (Lipinski definition) is 3. The molecule has 5 heteroatoms. The largest absolute Gasteiger partial charge is 0.393 e. The van der Waals surface area contributed by atoms with Crippen LogP contribution in [0.3, 0.4) is 0 Å². The Bertz CT molecular complexity index is 349. The summed E-state index contributed by atoms with van der Waals surface area (Å²) in [6.07, 6.45) is 9.73. The molecule has 5 nitrogen and oxygen atoms in total. The number of likely N-dealkylation sites (tertiary alicyclic amines) is 1. The lowest BCUT2D eigenvalue weighted by atomic mass is 9.93. The SMILES string of the molecule is O=C(NC1CCC(O)CC1)NC1CCN(C2CCCC2)C1. The van der Waals surface area contributed by atoms with E-state index in [1.165, 1.54) is 25.7 Å². The summed E-state index contributed by atoms with van der Waals surface area (Å²) in [5.41, 5.74) is 0. The second-order valence-corrected chi connectivity index (χ2v) is 7.04. The minimum Gasteiger partial charge on any atom is -0.393 e. The first kappa shape index (κ1) is 15.1. The molecule has 2 amide bonds. The summed E-state index contributed by atoms with van der Waals surface area (Å²) in [5, 5.41) is 15.7. The Kier molecular flexibility index (Phi) is 5.01. The van der Waals surface area contributed by atoms with E-state index in [-0.39, 0.29) is 18.2 Å². The molecule has 21 heavy (non-hydrogen) atoms. The van der Waals surface area contributed by atoms with E-state index in [4.69, 9.17) is 0 Å². The van der Waals surface area contributed by atoms with Gasteiger partial charge in [-0.05, 0) is 44.9 Å². The maximum absolute atomic E-state index is 12.1. The van der Waals surface area contributed by atoms with Gasteiger partial charge < -0.3 is 15.7 Å². The van der Waals surface area contributed by atoms with Gasteiger partial charge in [0.05, 0.1) is 6.10 Å². The molecule has 0 aromatic carbocycles. The number of nitrogens with one attached hydrogen (secondary N) is 2. The van der Waals surface area contributed by atoms with Crippen LogP contribution < -0.4 is 10.6 Å². The van der Waals surface area contributed by atoms with Crippen LogP contribution in [0.5, 0.6) is 0 Å². The number of amides is 2. The molecular weight excluding hydrogens is 266 g/mol. The third-order valence-corrected chi connectivity index (χ3v) is 5.43. The van der Waals surface area contributed by atoms with Crippen LogP contribution in [0.4, 0.5) is 4.79 Å². The van der Waals surface area contributed by atoms with Gasteiger partial charge in [0.1, 0.15) is 0 Å². The van der Waals surface area contributed by atoms with Crippen molar-refractivity contribution < 1.29 is 9.90 Å². The van der Waals surface area contributed by atoms with Gasteiger partial charge in [-0.3, -0.25) is 4.90 Å². The molecule has 1 unspecified atom stereocenters. The second-order valence-electron chi connectivity index (χ2n) is 7.04. The van der Waals surface area contributed by atoms with Gasteiger partial charge in [0.2, 0.25) is 0 Å². The van der Waals surface area contributed by atoms with Gasteiger partial charge in [-0.15, -0.1) is 0 Å². The summed E-state index contributed by atoms with van der Waals surface area (Å²) in [7, 11) is 0. The third-order valence-electron chi connectivity index (χ3n) is 5.43. The molecule has 2 saturated carbocycles. The van der Waals surface area contributed by atoms with E-state index < -0.39 is 0 Å². The number of rotatable bonds is 3. The van der Waals surface area contributed by atoms with Crippen LogP contribution in [-0.4, -0.2) is 53.4 Å². The maximum atomic E-state index is 12.1. The number of nitrogens with zero attached hydrogens (tertiary/aromatic N) is 1. The maximum Gasteiger partial charge on any atom is 0.315 e. The molecule has 0 radical (unpaired) electrons. The zero-order valence-corrected chi connectivity index (χ0v) is 12.9. The summed E-state index contributed by atoms with van der Waals surface area (Å²) in [6.45, 7) is 2.15. The van der Waals surface area contributed by atoms with E-state index in [1.807, 2.05) is 0 Å². The van der Waals surface area contributed by atoms with Gasteiger partial charge in [-0.1, -0.05) is 12.8 Å². The van der Waals surface area contributed by atoms with Crippen LogP contribution in [0, 0.1) is 0 Å². The van der Waals surface area contributed by atoms with Crippen molar-refractivity contribution in [3.8, 4) is 0 Å². The number of carbonyl (C=O) groups excluding carboxylic acids is 1. The highest BCUT2D eigenvalue weighted by atomic mass is 16.3. The third kappa shape index (κ3) is 4.10. The summed E-state index contributed by atoms with van der Waals surface area (Å²) >= 11 is 0. The molecule has 3 rings (SSSR count). The monoisotopic (exact) mass is 295 g/mol. The fourth-order valence-electron chi connectivity index (χ4n) is 4.14. The van der Waals surface area contributed by atoms with E-state index in [2.05, 4.69) is 15.5 Å². The van der Waals surface area contributed by atoms with Crippen molar-refractivity contribution in [2.75, 3.05) is 13.1 Å². The molecule has 1 atom stereocenters. The predicted molar refractivity (Wildman–Crippen MR) is 82.2 cm³/mol. The Labute approximate surface area is 127 Å². The first-order valence-corrected chi connectivity index (χ1v) is 8.70. The molecule has 3 N–H and O–H groups in total. The number of urea groups is 1. The Morgan fingerprint density at radius 1 is 0.905 bits per heavy atom. The second kappa shape index (κ2) is 6.97. The van der Waals surface area contributed by atoms with E-state index in [9.17, 15) is 9.90 Å². The molecule has 0 spiro atoms. The molecule has 3 fully saturated rings. The molecule has 120 valence electrons. The average molecular weight is 295 g/mol. The first-order valence-electron chi connectivity index (χ1n) is 8.70. The van der Waals surface area contributed by atoms with Gasteiger partial charge in [0.15, 0.2) is 0 Å². The lowest BCUT2D eigenvalue weighted by Crippen LogP contribution is -2.48. The van der Waals surface area contributed by atoms with E-state index >= 15 is 0 Å². The lowest BCUT2D eigenvalue weighted by Gasteiger charge is -2.27. The topological polar surface area (TPSA) is 64.6 Å². The quantitative estimate of drug-likeness (QED) is 0.741. The fourth-order valence-corrected chi connectivity index (χ4v) is 4.14. The van der Waals surface area contributed by atoms with E-state index in [0.29, 0.717) is 6.04 Å². The molecule has 0 aromatic heterocycles. The van der Waals surface area contributed by atoms with Crippen molar-refractivity contribution in [1.29, 1.82) is 0 Å². The molecular formula is C16H29N3O2. The van der Waals surface area contributed by atoms with Crippen molar-refractivity contribution in [3.63, 3.8) is 0 Å². The Hall–Kier alpha value is -0.810. The Morgan fingerprint density at radius 2 is 1.57 bits per heavy atom. The predicted octanol–water partition coefficient (Wildman–Crippen LogP) is 1.61. The van der Waals surface area contributed by atoms with Crippen LogP contribution in [0.15, 0.2) is 0 Å². The number of carbonyl (C=O) groups is 1. The van der Waals surface area contributed by atoms with Crippen LogP contribution in [-0.2, 0) is 0 Å². The fraction of sp³-hybridized carbons (Fsp3) is 0.938. The Balaban J connectivity index is 1.37. The number of aliphatic hydroxyl groups excluding tert-OH is 1. The minimum absolute atomic E-state index is 0.0188. The summed E-state index contributed by atoms with van der Waals surface area (Å²) < 4.78 is 0. The van der Waals surface area contributed by atoms with Gasteiger partial charge in [0.25, 0.3) is 0 Å². The number of hydrogen-bond acceptors (Lipinski definition) is 3. The van der Waals surface area contributed by atoms with Crippen LogP contribution in [0.2, 0.25) is 0 Å². The molecule has 1 aliphatic heterocycles. The van der Waals surface area contributed by atoms with E-state index in [0.717, 1.165) is 51.2 Å². The normalized spacial score (nSPS) is 35.0. The highest BCUT2D eigenvalue weighted by molar-refractivity contribution is 5.74. The molecule has 0 bridgehead atoms. The smallest absolute Gasteiger partial charge is 0.315 e. The first-order chi connectivity index (χ1) is 10.2. The van der Waals surface area contributed by atoms with Gasteiger partial charge in [-0.25, -0.2) is 4.79 Å². The minimum atomic E-state index is -0.166. The molecule has 1 heterocycles. The van der Waals surface area contributed by atoms with Gasteiger partial charge in [0, 0.05) is 31.2 Å². The highest BCUT2D eigenvalue weighted by Gasteiger charge is 2.31. The molecule has 2 aliphatic carbocycles. The Morgan fingerprint density at radius 3 is 2.29 bits per heavy atom. The van der Waals surface area contributed by atoms with Gasteiger partial charge >= 0.3 is 6.03 Å². The zero-order chi connectivity index (χ0) is 14.7. The van der Waals surface area contributed by atoms with Crippen molar-refractivity contribution in [2.45, 2.75) is 82.0 Å². The van der Waals surface area contributed by atoms with Crippen molar-refractivity contribution in [3.05, 3.63) is 0 Å².